The number of piperazine rings is 1. The topological polar surface area (TPSA) is 88.1 Å². The van der Waals surface area contributed by atoms with Crippen LogP contribution in [0.1, 0.15) is 0 Å². The molecule has 8 nitrogen and oxygen atoms in total. The van der Waals surface area contributed by atoms with Gasteiger partial charge in [-0.05, 0) is 24.3 Å². The van der Waals surface area contributed by atoms with Crippen molar-refractivity contribution in [2.24, 2.45) is 0 Å². The lowest BCUT2D eigenvalue weighted by molar-refractivity contribution is 0.418. The smallest absolute Gasteiger partial charge is 0.162 e. The summed E-state index contributed by atoms with van der Waals surface area (Å²) < 4.78 is 5.59. The van der Waals surface area contributed by atoms with Crippen LogP contribution in [0.25, 0.3) is 22.3 Å². The van der Waals surface area contributed by atoms with Gasteiger partial charge in [-0.25, -0.2) is 15.0 Å². The number of hydrogen-bond acceptors (Lipinski definition) is 8. The summed E-state index contributed by atoms with van der Waals surface area (Å²) in [6.07, 6.45) is 5.24. The molecule has 1 fully saturated rings. The number of rotatable bonds is 5. The molecule has 1 aromatic carbocycles. The van der Waals surface area contributed by atoms with Crippen molar-refractivity contribution in [3.8, 4) is 17.1 Å². The third-order valence-corrected chi connectivity index (χ3v) is 5.25. The largest absolute Gasteiger partial charge is 0.494 e. The number of hydrogen-bond donors (Lipinski definition) is 2. The summed E-state index contributed by atoms with van der Waals surface area (Å²) in [7, 11) is 1.65. The molecule has 0 spiro atoms. The van der Waals surface area contributed by atoms with Crippen LogP contribution >= 0.6 is 0 Å². The number of benzene rings is 1. The Morgan fingerprint density at radius 2 is 1.87 bits per heavy atom. The second-order valence-electron chi connectivity index (χ2n) is 7.26. The van der Waals surface area contributed by atoms with Gasteiger partial charge in [0.1, 0.15) is 17.4 Å². The van der Waals surface area contributed by atoms with Crippen molar-refractivity contribution in [2.45, 2.75) is 0 Å². The average Bonchev–Trinajstić information content (AvgIpc) is 2.84. The molecule has 2 N–H and O–H groups in total. The molecule has 0 amide bonds. The Bertz CT molecular complexity index is 1190. The maximum Gasteiger partial charge on any atom is 0.162 e. The Kier molecular flexibility index (Phi) is 5.28. The third-order valence-electron chi connectivity index (χ3n) is 5.25. The molecular weight excluding hydrogens is 390 g/mol. The Hall–Kier alpha value is -3.78. The van der Waals surface area contributed by atoms with Crippen LogP contribution in [-0.4, -0.2) is 53.2 Å². The molecule has 0 radical (unpaired) electrons. The number of anilines is 3. The predicted octanol–water partition coefficient (Wildman–Crippen LogP) is 3.25. The predicted molar refractivity (Wildman–Crippen MR) is 122 cm³/mol. The van der Waals surface area contributed by atoms with Crippen LogP contribution in [0.4, 0.5) is 17.3 Å². The van der Waals surface area contributed by atoms with E-state index in [9.17, 15) is 0 Å². The second kappa shape index (κ2) is 8.53. The lowest BCUT2D eigenvalue weighted by Gasteiger charge is -2.29. The van der Waals surface area contributed by atoms with Crippen molar-refractivity contribution in [1.82, 2.24) is 25.3 Å². The van der Waals surface area contributed by atoms with Crippen LogP contribution < -0.4 is 20.3 Å². The molecule has 3 aromatic heterocycles. The van der Waals surface area contributed by atoms with Gasteiger partial charge in [0, 0.05) is 43.6 Å². The summed E-state index contributed by atoms with van der Waals surface area (Å²) in [6.45, 7) is 3.56. The monoisotopic (exact) mass is 413 g/mol. The minimum atomic E-state index is 0.634. The van der Waals surface area contributed by atoms with E-state index in [2.05, 4.69) is 25.5 Å². The molecule has 1 aliphatic rings. The molecule has 31 heavy (non-hydrogen) atoms. The van der Waals surface area contributed by atoms with Crippen LogP contribution in [0.3, 0.4) is 0 Å². The number of nitrogens with one attached hydrogen (secondary N) is 2. The first-order valence-electron chi connectivity index (χ1n) is 10.3. The van der Waals surface area contributed by atoms with Gasteiger partial charge in [0.05, 0.1) is 30.4 Å². The number of aromatic nitrogens is 4. The van der Waals surface area contributed by atoms with E-state index in [1.54, 1.807) is 25.7 Å². The summed E-state index contributed by atoms with van der Waals surface area (Å²) in [5, 5.41) is 7.61. The molecular formula is C23H23N7O. The maximum absolute atomic E-state index is 5.59. The van der Waals surface area contributed by atoms with Gasteiger partial charge >= 0.3 is 0 Å². The van der Waals surface area contributed by atoms with Gasteiger partial charge in [0.25, 0.3) is 0 Å². The summed E-state index contributed by atoms with van der Waals surface area (Å²) in [4.78, 5) is 20.8. The quantitative estimate of drug-likeness (QED) is 0.516. The van der Waals surface area contributed by atoms with Gasteiger partial charge in [-0.15, -0.1) is 0 Å². The highest BCUT2D eigenvalue weighted by Gasteiger charge is 2.20. The number of ether oxygens (including phenoxy) is 1. The van der Waals surface area contributed by atoms with E-state index < -0.39 is 0 Å². The highest BCUT2D eigenvalue weighted by molar-refractivity contribution is 5.95. The zero-order valence-corrected chi connectivity index (χ0v) is 17.2. The van der Waals surface area contributed by atoms with Crippen molar-refractivity contribution >= 4 is 28.2 Å². The zero-order valence-electron chi connectivity index (χ0n) is 17.2. The molecule has 0 saturated carbocycles. The summed E-state index contributed by atoms with van der Waals surface area (Å²) in [6, 6.07) is 13.8. The van der Waals surface area contributed by atoms with Crippen molar-refractivity contribution in [3.05, 3.63) is 61.1 Å². The Labute approximate surface area is 180 Å². The first-order chi connectivity index (χ1) is 15.3. The van der Waals surface area contributed by atoms with Gasteiger partial charge in [-0.3, -0.25) is 4.98 Å². The highest BCUT2D eigenvalue weighted by Crippen LogP contribution is 2.34. The summed E-state index contributed by atoms with van der Waals surface area (Å²) >= 11 is 0. The molecule has 4 aromatic rings. The molecule has 4 heterocycles. The fourth-order valence-electron chi connectivity index (χ4n) is 3.73. The molecule has 1 aliphatic heterocycles. The van der Waals surface area contributed by atoms with E-state index in [4.69, 9.17) is 14.7 Å². The molecule has 1 saturated heterocycles. The molecule has 8 heteroatoms. The molecule has 0 unspecified atom stereocenters. The first-order valence-corrected chi connectivity index (χ1v) is 10.3. The van der Waals surface area contributed by atoms with E-state index in [1.165, 1.54) is 0 Å². The second-order valence-corrected chi connectivity index (χ2v) is 7.26. The molecule has 0 bridgehead atoms. The van der Waals surface area contributed by atoms with Crippen molar-refractivity contribution < 1.29 is 4.74 Å². The SMILES string of the molecule is COc1cncc2nc(-c3ccnc(Nc4ccccc4)c3)nc(N3CCNCC3)c12. The number of pyridine rings is 2. The fourth-order valence-corrected chi connectivity index (χ4v) is 3.73. The van der Waals surface area contributed by atoms with Gasteiger partial charge < -0.3 is 20.3 Å². The number of para-hydroxylation sites is 1. The highest BCUT2D eigenvalue weighted by atomic mass is 16.5. The van der Waals surface area contributed by atoms with Crippen LogP contribution in [0.2, 0.25) is 0 Å². The Balaban J connectivity index is 1.59. The standard InChI is InChI=1S/C23H23N7O/c1-31-19-15-25-14-18-21(19)23(30-11-9-24-10-12-30)29-22(28-18)16-7-8-26-20(13-16)27-17-5-3-2-4-6-17/h2-8,13-15,24H,9-12H2,1H3,(H,26,27). The lowest BCUT2D eigenvalue weighted by atomic mass is 10.2. The van der Waals surface area contributed by atoms with E-state index in [0.29, 0.717) is 11.6 Å². The Morgan fingerprint density at radius 1 is 1.03 bits per heavy atom. The van der Waals surface area contributed by atoms with E-state index >= 15 is 0 Å². The van der Waals surface area contributed by atoms with E-state index in [0.717, 1.165) is 60.0 Å². The van der Waals surface area contributed by atoms with Gasteiger partial charge in [-0.1, -0.05) is 18.2 Å². The summed E-state index contributed by atoms with van der Waals surface area (Å²) in [5.41, 5.74) is 2.61. The van der Waals surface area contributed by atoms with Crippen molar-refractivity contribution in [1.29, 1.82) is 0 Å². The summed E-state index contributed by atoms with van der Waals surface area (Å²) in [5.74, 6) is 2.92. The third kappa shape index (κ3) is 3.97. The molecule has 0 atom stereocenters. The minimum absolute atomic E-state index is 0.634. The normalized spacial score (nSPS) is 13.9. The molecule has 156 valence electrons. The molecule has 5 rings (SSSR count). The maximum atomic E-state index is 5.59. The zero-order chi connectivity index (χ0) is 21.0. The van der Waals surface area contributed by atoms with Crippen LogP contribution in [0.5, 0.6) is 5.75 Å². The number of nitrogens with zero attached hydrogens (tertiary/aromatic N) is 5. The fraction of sp³-hybridized carbons (Fsp3) is 0.217. The molecule has 0 aliphatic carbocycles. The number of fused-ring (bicyclic) bond motifs is 1. The van der Waals surface area contributed by atoms with Crippen LogP contribution in [0.15, 0.2) is 61.1 Å². The van der Waals surface area contributed by atoms with Crippen molar-refractivity contribution in [2.75, 3.05) is 43.5 Å². The van der Waals surface area contributed by atoms with Gasteiger partial charge in [-0.2, -0.15) is 0 Å². The van der Waals surface area contributed by atoms with Gasteiger partial charge in [0.15, 0.2) is 5.82 Å². The first kappa shape index (κ1) is 19.2. The minimum Gasteiger partial charge on any atom is -0.494 e. The Morgan fingerprint density at radius 3 is 2.68 bits per heavy atom. The number of methoxy groups -OCH3 is 1. The van der Waals surface area contributed by atoms with E-state index in [1.807, 2.05) is 42.5 Å². The lowest BCUT2D eigenvalue weighted by Crippen LogP contribution is -2.44. The van der Waals surface area contributed by atoms with Gasteiger partial charge in [0.2, 0.25) is 0 Å². The van der Waals surface area contributed by atoms with Crippen molar-refractivity contribution in [3.63, 3.8) is 0 Å². The van der Waals surface area contributed by atoms with Crippen LogP contribution in [0, 0.1) is 0 Å². The van der Waals surface area contributed by atoms with E-state index in [-0.39, 0.29) is 0 Å². The van der Waals surface area contributed by atoms with Crippen LogP contribution in [-0.2, 0) is 0 Å². The average molecular weight is 413 g/mol.